The van der Waals surface area contributed by atoms with Crippen molar-refractivity contribution in [2.24, 2.45) is 11.8 Å². The smallest absolute Gasteiger partial charge is 0.326 e. The fraction of sp³-hybridized carbons (Fsp3) is 0.455. The zero-order valence-electron chi connectivity index (χ0n) is 16.7. The van der Waals surface area contributed by atoms with Gasteiger partial charge in [0.1, 0.15) is 6.54 Å². The summed E-state index contributed by atoms with van der Waals surface area (Å²) >= 11 is 0. The maximum Gasteiger partial charge on any atom is 0.326 e. The van der Waals surface area contributed by atoms with Crippen molar-refractivity contribution in [3.63, 3.8) is 0 Å². The lowest BCUT2D eigenvalue weighted by molar-refractivity contribution is -0.156. The molecular formula is C22H25N3O5. The van der Waals surface area contributed by atoms with Crippen LogP contribution in [0.5, 0.6) is 0 Å². The number of para-hydroxylation sites is 1. The number of benzene rings is 1. The number of esters is 1. The highest BCUT2D eigenvalue weighted by Crippen LogP contribution is 2.34. The molecule has 2 aliphatic heterocycles. The highest BCUT2D eigenvalue weighted by Gasteiger charge is 2.47. The number of piperazine rings is 1. The molecule has 0 saturated carbocycles. The molecule has 2 atom stereocenters. The molecule has 4 rings (SSSR count). The van der Waals surface area contributed by atoms with E-state index in [1.807, 2.05) is 42.5 Å². The van der Waals surface area contributed by atoms with Crippen LogP contribution >= 0.6 is 0 Å². The summed E-state index contributed by atoms with van der Waals surface area (Å²) in [4.78, 5) is 54.2. The Kier molecular flexibility index (Phi) is 5.83. The number of allylic oxidation sites excluding steroid dienone is 2. The van der Waals surface area contributed by atoms with Gasteiger partial charge < -0.3 is 14.5 Å². The quantitative estimate of drug-likeness (QED) is 0.405. The maximum atomic E-state index is 12.4. The van der Waals surface area contributed by atoms with Crippen LogP contribution in [0.4, 0.5) is 5.69 Å². The van der Waals surface area contributed by atoms with Gasteiger partial charge in [-0.1, -0.05) is 30.4 Å². The Morgan fingerprint density at radius 2 is 1.50 bits per heavy atom. The first-order chi connectivity index (χ1) is 14.5. The number of anilines is 1. The van der Waals surface area contributed by atoms with E-state index < -0.39 is 12.5 Å². The van der Waals surface area contributed by atoms with E-state index in [1.165, 1.54) is 0 Å². The third kappa shape index (κ3) is 4.08. The summed E-state index contributed by atoms with van der Waals surface area (Å²) in [6.45, 7) is 1.69. The molecule has 3 amide bonds. The number of fused-ring (bicyclic) bond motifs is 1. The van der Waals surface area contributed by atoms with Gasteiger partial charge in [0.2, 0.25) is 11.8 Å². The molecule has 0 aromatic heterocycles. The predicted octanol–water partition coefficient (Wildman–Crippen LogP) is 0.830. The van der Waals surface area contributed by atoms with E-state index in [4.69, 9.17) is 4.74 Å². The van der Waals surface area contributed by atoms with Gasteiger partial charge in [0.05, 0.1) is 11.8 Å². The molecule has 2 fully saturated rings. The summed E-state index contributed by atoms with van der Waals surface area (Å²) in [6, 6.07) is 9.99. The number of amides is 3. The van der Waals surface area contributed by atoms with Gasteiger partial charge in [0.25, 0.3) is 5.91 Å². The molecule has 0 spiro atoms. The summed E-state index contributed by atoms with van der Waals surface area (Å²) in [5, 5.41) is 0. The summed E-state index contributed by atoms with van der Waals surface area (Å²) in [7, 11) is 0. The normalized spacial score (nSPS) is 23.5. The number of carbonyl (C=O) groups is 4. The summed E-state index contributed by atoms with van der Waals surface area (Å²) in [6.07, 6.45) is 4.83. The molecule has 2 heterocycles. The van der Waals surface area contributed by atoms with Crippen molar-refractivity contribution >= 4 is 29.4 Å². The van der Waals surface area contributed by atoms with Crippen LogP contribution < -0.4 is 4.90 Å². The minimum absolute atomic E-state index is 0.270. The van der Waals surface area contributed by atoms with E-state index in [2.05, 4.69) is 4.90 Å². The Bertz CT molecular complexity index is 835. The fourth-order valence-corrected chi connectivity index (χ4v) is 4.29. The molecule has 8 heteroatoms. The van der Waals surface area contributed by atoms with E-state index in [0.717, 1.165) is 10.6 Å². The Balaban J connectivity index is 1.22. The zero-order valence-corrected chi connectivity index (χ0v) is 16.7. The zero-order chi connectivity index (χ0) is 21.1. The van der Waals surface area contributed by atoms with Gasteiger partial charge in [-0.15, -0.1) is 0 Å². The van der Waals surface area contributed by atoms with Crippen LogP contribution in [0.2, 0.25) is 0 Å². The van der Waals surface area contributed by atoms with E-state index in [-0.39, 0.29) is 36.2 Å². The van der Waals surface area contributed by atoms with Crippen molar-refractivity contribution in [1.82, 2.24) is 9.80 Å². The monoisotopic (exact) mass is 411 g/mol. The van der Waals surface area contributed by atoms with Crippen LogP contribution in [0.3, 0.4) is 0 Å². The van der Waals surface area contributed by atoms with Crippen LogP contribution in [0, 0.1) is 11.8 Å². The number of hydrogen-bond acceptors (Lipinski definition) is 6. The first kappa shape index (κ1) is 20.1. The molecule has 1 aromatic carbocycles. The van der Waals surface area contributed by atoms with Gasteiger partial charge in [-0.3, -0.25) is 24.1 Å². The number of imide groups is 1. The van der Waals surface area contributed by atoms with Crippen molar-refractivity contribution in [2.75, 3.05) is 44.2 Å². The van der Waals surface area contributed by atoms with Crippen LogP contribution in [-0.2, 0) is 23.9 Å². The highest BCUT2D eigenvalue weighted by atomic mass is 16.5. The van der Waals surface area contributed by atoms with Gasteiger partial charge in [0, 0.05) is 31.9 Å². The van der Waals surface area contributed by atoms with E-state index in [9.17, 15) is 19.2 Å². The molecule has 30 heavy (non-hydrogen) atoms. The average Bonchev–Trinajstić information content (AvgIpc) is 3.03. The number of likely N-dealkylation sites (tertiary alicyclic amines) is 1. The molecule has 2 saturated heterocycles. The van der Waals surface area contributed by atoms with E-state index >= 15 is 0 Å². The van der Waals surface area contributed by atoms with E-state index in [0.29, 0.717) is 39.0 Å². The fourth-order valence-electron chi connectivity index (χ4n) is 4.29. The predicted molar refractivity (Wildman–Crippen MR) is 108 cm³/mol. The Hall–Kier alpha value is -3.16. The third-order valence-electron chi connectivity index (χ3n) is 6.00. The molecule has 0 N–H and O–H groups in total. The average molecular weight is 411 g/mol. The molecule has 8 nitrogen and oxygen atoms in total. The van der Waals surface area contributed by atoms with Crippen molar-refractivity contribution in [3.05, 3.63) is 42.5 Å². The molecule has 3 aliphatic rings. The van der Waals surface area contributed by atoms with Gasteiger partial charge in [0.15, 0.2) is 6.61 Å². The van der Waals surface area contributed by atoms with Crippen molar-refractivity contribution in [3.8, 4) is 0 Å². The first-order valence-electron chi connectivity index (χ1n) is 10.3. The number of hydrogen-bond donors (Lipinski definition) is 0. The minimum Gasteiger partial charge on any atom is -0.454 e. The molecule has 0 radical (unpaired) electrons. The Morgan fingerprint density at radius 3 is 2.10 bits per heavy atom. The largest absolute Gasteiger partial charge is 0.454 e. The van der Waals surface area contributed by atoms with Crippen LogP contribution in [0.15, 0.2) is 42.5 Å². The first-order valence-corrected chi connectivity index (χ1v) is 10.3. The maximum absolute atomic E-state index is 12.4. The van der Waals surface area contributed by atoms with Gasteiger partial charge in [-0.05, 0) is 25.0 Å². The molecule has 0 unspecified atom stereocenters. The Labute approximate surface area is 175 Å². The SMILES string of the molecule is O=C(CN1C(=O)[C@H]2CC=CC[C@@H]2C1=O)OCC(=O)N1CCN(c2ccccc2)CC1. The van der Waals surface area contributed by atoms with Crippen LogP contribution in [0.1, 0.15) is 12.8 Å². The van der Waals surface area contributed by atoms with Crippen molar-refractivity contribution in [2.45, 2.75) is 12.8 Å². The highest BCUT2D eigenvalue weighted by molar-refractivity contribution is 6.07. The molecular weight excluding hydrogens is 386 g/mol. The topological polar surface area (TPSA) is 87.2 Å². The summed E-state index contributed by atoms with van der Waals surface area (Å²) in [5.74, 6) is -2.41. The second kappa shape index (κ2) is 8.69. The number of carbonyl (C=O) groups excluding carboxylic acids is 4. The number of nitrogens with zero attached hydrogens (tertiary/aromatic N) is 3. The molecule has 158 valence electrons. The van der Waals surface area contributed by atoms with Crippen molar-refractivity contribution in [1.29, 1.82) is 0 Å². The molecule has 1 aromatic rings. The van der Waals surface area contributed by atoms with Gasteiger partial charge in [-0.2, -0.15) is 0 Å². The summed E-state index contributed by atoms with van der Waals surface area (Å²) < 4.78 is 5.08. The summed E-state index contributed by atoms with van der Waals surface area (Å²) in [5.41, 5.74) is 1.12. The second-order valence-corrected chi connectivity index (χ2v) is 7.78. The minimum atomic E-state index is -0.737. The van der Waals surface area contributed by atoms with Gasteiger partial charge in [-0.25, -0.2) is 0 Å². The lowest BCUT2D eigenvalue weighted by Gasteiger charge is -2.36. The number of ether oxygens (including phenoxy) is 1. The van der Waals surface area contributed by atoms with Crippen LogP contribution in [0.25, 0.3) is 0 Å². The van der Waals surface area contributed by atoms with Gasteiger partial charge >= 0.3 is 5.97 Å². The lowest BCUT2D eigenvalue weighted by Crippen LogP contribution is -2.50. The van der Waals surface area contributed by atoms with E-state index in [1.54, 1.807) is 4.90 Å². The third-order valence-corrected chi connectivity index (χ3v) is 6.00. The Morgan fingerprint density at radius 1 is 0.900 bits per heavy atom. The molecule has 0 bridgehead atoms. The molecule has 1 aliphatic carbocycles. The lowest BCUT2D eigenvalue weighted by atomic mass is 9.85. The van der Waals surface area contributed by atoms with Crippen molar-refractivity contribution < 1.29 is 23.9 Å². The standard InChI is InChI=1S/C22H25N3O5/c26-19(24-12-10-23(11-13-24)16-6-2-1-3-7-16)15-30-20(27)14-25-21(28)17-8-4-5-9-18(17)22(25)29/h1-7,17-18H,8-15H2/t17-,18-/m0/s1. The number of rotatable bonds is 5. The second-order valence-electron chi connectivity index (χ2n) is 7.78. The van der Waals surface area contributed by atoms with Crippen LogP contribution in [-0.4, -0.2) is 72.8 Å².